The van der Waals surface area contributed by atoms with Gasteiger partial charge in [0.15, 0.2) is 11.5 Å². The Morgan fingerprint density at radius 3 is 2.19 bits per heavy atom. The molecule has 4 N–H and O–H groups in total. The first-order chi connectivity index (χ1) is 18.0. The number of nitrogens with two attached hydrogens (primary N) is 1. The van der Waals surface area contributed by atoms with Crippen molar-refractivity contribution in [2.24, 2.45) is 10.8 Å². The van der Waals surface area contributed by atoms with E-state index >= 15 is 0 Å². The van der Waals surface area contributed by atoms with Gasteiger partial charge in [0.2, 0.25) is 0 Å². The van der Waals surface area contributed by atoms with E-state index in [-0.39, 0.29) is 28.4 Å². The van der Waals surface area contributed by atoms with Crippen molar-refractivity contribution in [2.75, 3.05) is 0 Å². The lowest BCUT2D eigenvalue weighted by Gasteiger charge is -2.11. The predicted molar refractivity (Wildman–Crippen MR) is 141 cm³/mol. The Kier molecular flexibility index (Phi) is 6.37. The first kappa shape index (κ1) is 23.4. The van der Waals surface area contributed by atoms with Gasteiger partial charge in [0.05, 0.1) is 17.3 Å². The molecule has 0 heterocycles. The molecule has 0 atom stereocenters. The molecule has 0 spiro atoms. The SMILES string of the molecule is NC(=O)c1cc2ccccc2cc1OOc1ccccc1/C=N/NC(=O)c1ccc2ccccc2c1O. The fourth-order valence-electron chi connectivity index (χ4n) is 3.89. The highest BCUT2D eigenvalue weighted by atomic mass is 17.2. The van der Waals surface area contributed by atoms with Crippen molar-refractivity contribution in [3.63, 3.8) is 0 Å². The van der Waals surface area contributed by atoms with Crippen molar-refractivity contribution >= 4 is 39.6 Å². The van der Waals surface area contributed by atoms with Crippen molar-refractivity contribution in [3.05, 3.63) is 114 Å². The number of phenolic OH excluding ortho intramolecular Hbond substituents is 1. The normalized spacial score (nSPS) is 11.0. The van der Waals surface area contributed by atoms with Crippen LogP contribution < -0.4 is 20.9 Å². The lowest BCUT2D eigenvalue weighted by Crippen LogP contribution is -2.18. The minimum atomic E-state index is -0.654. The zero-order valence-electron chi connectivity index (χ0n) is 19.4. The van der Waals surface area contributed by atoms with E-state index in [4.69, 9.17) is 15.5 Å². The van der Waals surface area contributed by atoms with E-state index in [1.807, 2.05) is 36.4 Å². The number of phenols is 1. The highest BCUT2D eigenvalue weighted by Crippen LogP contribution is 2.29. The second-order valence-electron chi connectivity index (χ2n) is 8.15. The maximum absolute atomic E-state index is 12.6. The quantitative estimate of drug-likeness (QED) is 0.169. The van der Waals surface area contributed by atoms with Gasteiger partial charge < -0.3 is 10.8 Å². The number of rotatable bonds is 7. The second kappa shape index (κ2) is 10.1. The molecule has 0 radical (unpaired) electrons. The number of primary amides is 1. The third kappa shape index (κ3) is 4.89. The van der Waals surface area contributed by atoms with Crippen LogP contribution in [0.4, 0.5) is 0 Å². The molecule has 5 aromatic rings. The summed E-state index contributed by atoms with van der Waals surface area (Å²) < 4.78 is 0. The van der Waals surface area contributed by atoms with Crippen LogP contribution in [0.2, 0.25) is 0 Å². The molecule has 0 fully saturated rings. The zero-order chi connectivity index (χ0) is 25.8. The summed E-state index contributed by atoms with van der Waals surface area (Å²) in [5.41, 5.74) is 8.71. The van der Waals surface area contributed by atoms with Crippen molar-refractivity contribution in [2.45, 2.75) is 0 Å². The first-order valence-electron chi connectivity index (χ1n) is 11.3. The monoisotopic (exact) mass is 491 g/mol. The zero-order valence-corrected chi connectivity index (χ0v) is 19.4. The van der Waals surface area contributed by atoms with Crippen LogP contribution >= 0.6 is 0 Å². The average molecular weight is 492 g/mol. The predicted octanol–water partition coefficient (Wildman–Crippen LogP) is 4.93. The van der Waals surface area contributed by atoms with Crippen molar-refractivity contribution < 1.29 is 24.5 Å². The van der Waals surface area contributed by atoms with Crippen LogP contribution in [0.1, 0.15) is 26.3 Å². The number of nitrogens with zero attached hydrogens (tertiary/aromatic N) is 1. The number of nitrogens with one attached hydrogen (secondary N) is 1. The van der Waals surface area contributed by atoms with Gasteiger partial charge >= 0.3 is 0 Å². The summed E-state index contributed by atoms with van der Waals surface area (Å²) in [6, 6.07) is 28.1. The fraction of sp³-hybridized carbons (Fsp3) is 0. The van der Waals surface area contributed by atoms with Gasteiger partial charge in [-0.15, -0.1) is 0 Å². The summed E-state index contributed by atoms with van der Waals surface area (Å²) in [6.07, 6.45) is 1.38. The van der Waals surface area contributed by atoms with Crippen LogP contribution in [0.5, 0.6) is 17.2 Å². The molecule has 0 aliphatic rings. The van der Waals surface area contributed by atoms with Gasteiger partial charge in [0, 0.05) is 10.9 Å². The topological polar surface area (TPSA) is 123 Å². The molecule has 5 aromatic carbocycles. The van der Waals surface area contributed by atoms with Crippen molar-refractivity contribution in [1.82, 2.24) is 5.43 Å². The van der Waals surface area contributed by atoms with E-state index in [2.05, 4.69) is 10.5 Å². The van der Waals surface area contributed by atoms with Gasteiger partial charge in [0.25, 0.3) is 11.8 Å². The Labute approximate surface area is 211 Å². The third-order valence-corrected chi connectivity index (χ3v) is 5.77. The lowest BCUT2D eigenvalue weighted by molar-refractivity contribution is -0.100. The maximum atomic E-state index is 12.6. The van der Waals surface area contributed by atoms with Gasteiger partial charge in [-0.3, -0.25) is 19.4 Å². The van der Waals surface area contributed by atoms with E-state index in [0.717, 1.165) is 16.2 Å². The summed E-state index contributed by atoms with van der Waals surface area (Å²) in [5, 5.41) is 17.6. The molecule has 8 heteroatoms. The van der Waals surface area contributed by atoms with Gasteiger partial charge in [0.1, 0.15) is 5.75 Å². The van der Waals surface area contributed by atoms with E-state index in [1.54, 1.807) is 54.6 Å². The number of fused-ring (bicyclic) bond motifs is 2. The van der Waals surface area contributed by atoms with Gasteiger partial charge in [-0.05, 0) is 46.5 Å². The molecular weight excluding hydrogens is 470 g/mol. The summed E-state index contributed by atoms with van der Waals surface area (Å²) in [4.78, 5) is 35.6. The smallest absolute Gasteiger partial charge is 0.275 e. The number of carbonyl (C=O) groups excluding carboxylic acids is 2. The van der Waals surface area contributed by atoms with Crippen LogP contribution in [-0.4, -0.2) is 23.1 Å². The standard InChI is InChI=1S/C29H21N3O5/c30-28(34)24-15-19-8-1-2-9-20(19)16-26(24)37-36-25-12-6-4-10-21(25)17-31-32-29(35)23-14-13-18-7-3-5-11-22(18)27(23)33/h1-17,33H,(H2,30,34)(H,32,35)/b31-17+. The average Bonchev–Trinajstić information content (AvgIpc) is 2.92. The van der Waals surface area contributed by atoms with Gasteiger partial charge in [-0.1, -0.05) is 66.7 Å². The molecule has 8 nitrogen and oxygen atoms in total. The molecule has 0 bridgehead atoms. The van der Waals surface area contributed by atoms with Crippen molar-refractivity contribution in [1.29, 1.82) is 0 Å². The Morgan fingerprint density at radius 1 is 0.757 bits per heavy atom. The number of amides is 2. The third-order valence-electron chi connectivity index (χ3n) is 5.77. The fourth-order valence-corrected chi connectivity index (χ4v) is 3.89. The molecule has 5 rings (SSSR count). The van der Waals surface area contributed by atoms with Crippen LogP contribution in [0.15, 0.2) is 102 Å². The van der Waals surface area contributed by atoms with E-state index in [1.165, 1.54) is 12.3 Å². The molecule has 0 saturated heterocycles. The minimum absolute atomic E-state index is 0.0963. The molecule has 0 aliphatic heterocycles. The molecule has 2 amide bonds. The molecule has 182 valence electrons. The molecule has 0 saturated carbocycles. The summed E-state index contributed by atoms with van der Waals surface area (Å²) in [5.74, 6) is -0.894. The number of aromatic hydroxyl groups is 1. The minimum Gasteiger partial charge on any atom is -0.506 e. The van der Waals surface area contributed by atoms with Crippen LogP contribution in [-0.2, 0) is 0 Å². The number of hydrogen-bond acceptors (Lipinski definition) is 6. The van der Waals surface area contributed by atoms with Gasteiger partial charge in [-0.25, -0.2) is 5.43 Å². The summed E-state index contributed by atoms with van der Waals surface area (Å²) >= 11 is 0. The Bertz CT molecular complexity index is 1680. The first-order valence-corrected chi connectivity index (χ1v) is 11.3. The number of para-hydroxylation sites is 1. The maximum Gasteiger partial charge on any atom is 0.275 e. The Morgan fingerprint density at radius 2 is 1.41 bits per heavy atom. The van der Waals surface area contributed by atoms with Crippen LogP contribution in [0, 0.1) is 0 Å². The lowest BCUT2D eigenvalue weighted by atomic mass is 10.1. The number of benzene rings is 5. The molecular formula is C29H21N3O5. The van der Waals surface area contributed by atoms with E-state index < -0.39 is 11.8 Å². The molecule has 0 aromatic heterocycles. The van der Waals surface area contributed by atoms with Crippen molar-refractivity contribution in [3.8, 4) is 17.2 Å². The Balaban J connectivity index is 1.33. The number of hydrogen-bond donors (Lipinski definition) is 3. The second-order valence-corrected chi connectivity index (χ2v) is 8.15. The number of hydrazone groups is 1. The highest BCUT2D eigenvalue weighted by Gasteiger charge is 2.15. The van der Waals surface area contributed by atoms with Crippen LogP contribution in [0.25, 0.3) is 21.5 Å². The van der Waals surface area contributed by atoms with E-state index in [0.29, 0.717) is 10.9 Å². The summed E-state index contributed by atoms with van der Waals surface area (Å²) in [6.45, 7) is 0. The molecule has 0 aliphatic carbocycles. The molecule has 37 heavy (non-hydrogen) atoms. The van der Waals surface area contributed by atoms with Gasteiger partial charge in [-0.2, -0.15) is 5.10 Å². The van der Waals surface area contributed by atoms with Crippen LogP contribution in [0.3, 0.4) is 0 Å². The van der Waals surface area contributed by atoms with E-state index in [9.17, 15) is 14.7 Å². The Hall–Kier alpha value is -5.37. The largest absolute Gasteiger partial charge is 0.506 e. The highest BCUT2D eigenvalue weighted by molar-refractivity contribution is 6.04. The molecule has 0 unspecified atom stereocenters. The number of carbonyl (C=O) groups is 2. The summed E-state index contributed by atoms with van der Waals surface area (Å²) in [7, 11) is 0.